The standard InChI is InChI=1S/C16H14ClN5OS/c17-10-3-4-11-13(9-10)24-16(18-11)19-15(23)12-5-6-14(21-20-12)22-7-1-2-8-22/h3-6,9H,1-2,7-8H2,(H,18,19,23). The number of carbonyl (C=O) groups excluding carboxylic acids is 1. The van der Waals surface area contributed by atoms with Crippen LogP contribution in [-0.4, -0.2) is 34.2 Å². The van der Waals surface area contributed by atoms with Crippen LogP contribution >= 0.6 is 22.9 Å². The summed E-state index contributed by atoms with van der Waals surface area (Å²) in [5.74, 6) is 0.499. The van der Waals surface area contributed by atoms with Crippen LogP contribution in [0.3, 0.4) is 0 Å². The lowest BCUT2D eigenvalue weighted by Gasteiger charge is -2.14. The van der Waals surface area contributed by atoms with Gasteiger partial charge in [-0.05, 0) is 43.2 Å². The normalized spacial score (nSPS) is 14.3. The number of rotatable bonds is 3. The van der Waals surface area contributed by atoms with Gasteiger partial charge < -0.3 is 4.90 Å². The molecule has 122 valence electrons. The van der Waals surface area contributed by atoms with Crippen molar-refractivity contribution in [1.82, 2.24) is 15.2 Å². The average Bonchev–Trinajstić information content (AvgIpc) is 3.23. The third kappa shape index (κ3) is 3.05. The van der Waals surface area contributed by atoms with Crippen LogP contribution in [0.25, 0.3) is 10.2 Å². The number of benzene rings is 1. The third-order valence-corrected chi connectivity index (χ3v) is 5.05. The van der Waals surface area contributed by atoms with E-state index in [1.807, 2.05) is 18.2 Å². The van der Waals surface area contributed by atoms with E-state index in [-0.39, 0.29) is 11.6 Å². The number of hydrogen-bond acceptors (Lipinski definition) is 6. The Hall–Kier alpha value is -2.25. The zero-order valence-electron chi connectivity index (χ0n) is 12.7. The number of fused-ring (bicyclic) bond motifs is 1. The van der Waals surface area contributed by atoms with E-state index in [4.69, 9.17) is 11.6 Å². The highest BCUT2D eigenvalue weighted by molar-refractivity contribution is 7.22. The highest BCUT2D eigenvalue weighted by Crippen LogP contribution is 2.28. The number of carbonyl (C=O) groups is 1. The van der Waals surface area contributed by atoms with Gasteiger partial charge in [-0.2, -0.15) is 0 Å². The lowest BCUT2D eigenvalue weighted by atomic mass is 10.3. The maximum absolute atomic E-state index is 12.3. The summed E-state index contributed by atoms with van der Waals surface area (Å²) in [7, 11) is 0. The lowest BCUT2D eigenvalue weighted by Crippen LogP contribution is -2.20. The molecule has 1 fully saturated rings. The molecule has 1 aliphatic heterocycles. The van der Waals surface area contributed by atoms with Crippen molar-refractivity contribution in [2.24, 2.45) is 0 Å². The van der Waals surface area contributed by atoms with Crippen LogP contribution in [0.5, 0.6) is 0 Å². The molecule has 0 spiro atoms. The number of aromatic nitrogens is 3. The van der Waals surface area contributed by atoms with Gasteiger partial charge >= 0.3 is 0 Å². The maximum atomic E-state index is 12.3. The molecule has 1 aromatic carbocycles. The highest BCUT2D eigenvalue weighted by Gasteiger charge is 2.16. The molecule has 24 heavy (non-hydrogen) atoms. The Morgan fingerprint density at radius 1 is 1.17 bits per heavy atom. The van der Waals surface area contributed by atoms with Crippen LogP contribution < -0.4 is 10.2 Å². The molecule has 0 aliphatic carbocycles. The molecule has 0 unspecified atom stereocenters. The first-order chi connectivity index (χ1) is 11.7. The van der Waals surface area contributed by atoms with Gasteiger partial charge in [-0.1, -0.05) is 22.9 Å². The van der Waals surface area contributed by atoms with Gasteiger partial charge in [0.25, 0.3) is 5.91 Å². The number of anilines is 2. The first-order valence-corrected chi connectivity index (χ1v) is 8.85. The molecule has 1 saturated heterocycles. The number of nitrogens with one attached hydrogen (secondary N) is 1. The minimum Gasteiger partial charge on any atom is -0.355 e. The Labute approximate surface area is 147 Å². The summed E-state index contributed by atoms with van der Waals surface area (Å²) in [5.41, 5.74) is 1.07. The Kier molecular flexibility index (Phi) is 4.03. The molecular formula is C16H14ClN5OS. The Morgan fingerprint density at radius 3 is 2.75 bits per heavy atom. The van der Waals surface area contributed by atoms with Crippen LogP contribution in [0.15, 0.2) is 30.3 Å². The van der Waals surface area contributed by atoms with E-state index in [2.05, 4.69) is 25.4 Å². The third-order valence-electron chi connectivity index (χ3n) is 3.88. The molecule has 6 nitrogen and oxygen atoms in total. The van der Waals surface area contributed by atoms with Crippen LogP contribution in [-0.2, 0) is 0 Å². The molecule has 0 radical (unpaired) electrons. The molecule has 1 aliphatic rings. The van der Waals surface area contributed by atoms with Gasteiger partial charge in [0.15, 0.2) is 16.6 Å². The minimum absolute atomic E-state index is 0.273. The van der Waals surface area contributed by atoms with Crippen LogP contribution in [0.2, 0.25) is 5.02 Å². The topological polar surface area (TPSA) is 71.0 Å². The van der Waals surface area contributed by atoms with Crippen molar-refractivity contribution in [3.05, 3.63) is 41.0 Å². The quantitative estimate of drug-likeness (QED) is 0.773. The van der Waals surface area contributed by atoms with Gasteiger partial charge in [0, 0.05) is 18.1 Å². The SMILES string of the molecule is O=C(Nc1nc2ccc(Cl)cc2s1)c1ccc(N2CCCC2)nn1. The molecule has 0 atom stereocenters. The van der Waals surface area contributed by atoms with E-state index in [1.165, 1.54) is 24.2 Å². The van der Waals surface area contributed by atoms with Gasteiger partial charge in [0.2, 0.25) is 0 Å². The van der Waals surface area contributed by atoms with E-state index < -0.39 is 0 Å². The predicted molar refractivity (Wildman–Crippen MR) is 96.1 cm³/mol. The van der Waals surface area contributed by atoms with Crippen molar-refractivity contribution in [3.63, 3.8) is 0 Å². The van der Waals surface area contributed by atoms with Crippen LogP contribution in [0, 0.1) is 0 Å². The smallest absolute Gasteiger partial charge is 0.277 e. The van der Waals surface area contributed by atoms with E-state index >= 15 is 0 Å². The fourth-order valence-electron chi connectivity index (χ4n) is 2.67. The van der Waals surface area contributed by atoms with E-state index in [1.54, 1.807) is 12.1 Å². The van der Waals surface area contributed by atoms with Crippen molar-refractivity contribution in [2.45, 2.75) is 12.8 Å². The molecule has 8 heteroatoms. The Bertz CT molecular complexity index is 889. The first-order valence-electron chi connectivity index (χ1n) is 7.65. The summed E-state index contributed by atoms with van der Waals surface area (Å²) >= 11 is 7.34. The second kappa shape index (κ2) is 6.33. The molecule has 1 N–H and O–H groups in total. The van der Waals surface area contributed by atoms with Crippen molar-refractivity contribution >= 4 is 50.0 Å². The number of halogens is 1. The summed E-state index contributed by atoms with van der Waals surface area (Å²) in [6, 6.07) is 8.96. The molecular weight excluding hydrogens is 346 g/mol. The van der Waals surface area contributed by atoms with Gasteiger partial charge in [-0.25, -0.2) is 4.98 Å². The number of nitrogens with zero attached hydrogens (tertiary/aromatic N) is 4. The van der Waals surface area contributed by atoms with Gasteiger partial charge in [0.05, 0.1) is 10.2 Å². The highest BCUT2D eigenvalue weighted by atomic mass is 35.5. The molecule has 0 saturated carbocycles. The molecule has 1 amide bonds. The molecule has 3 aromatic rings. The van der Waals surface area contributed by atoms with Gasteiger partial charge in [-0.15, -0.1) is 10.2 Å². The number of hydrogen-bond donors (Lipinski definition) is 1. The average molecular weight is 360 g/mol. The van der Waals surface area contributed by atoms with Crippen LogP contribution in [0.1, 0.15) is 23.3 Å². The first kappa shape index (κ1) is 15.3. The molecule has 4 rings (SSSR count). The van der Waals surface area contributed by atoms with E-state index in [9.17, 15) is 4.79 Å². The second-order valence-corrected chi connectivity index (χ2v) is 7.02. The fraction of sp³-hybridized carbons (Fsp3) is 0.250. The summed E-state index contributed by atoms with van der Waals surface area (Å²) in [5, 5.41) is 12.1. The zero-order valence-corrected chi connectivity index (χ0v) is 14.3. The number of amides is 1. The zero-order chi connectivity index (χ0) is 16.5. The Balaban J connectivity index is 1.50. The lowest BCUT2D eigenvalue weighted by molar-refractivity contribution is 0.102. The van der Waals surface area contributed by atoms with Gasteiger partial charge in [0.1, 0.15) is 0 Å². The molecule has 3 heterocycles. The summed E-state index contributed by atoms with van der Waals surface area (Å²) in [6.45, 7) is 1.99. The summed E-state index contributed by atoms with van der Waals surface area (Å²) < 4.78 is 0.924. The van der Waals surface area contributed by atoms with Gasteiger partial charge in [-0.3, -0.25) is 10.1 Å². The molecule has 2 aromatic heterocycles. The van der Waals surface area contributed by atoms with Crippen molar-refractivity contribution < 1.29 is 4.79 Å². The maximum Gasteiger partial charge on any atom is 0.277 e. The molecule has 0 bridgehead atoms. The van der Waals surface area contributed by atoms with Crippen molar-refractivity contribution in [2.75, 3.05) is 23.3 Å². The summed E-state index contributed by atoms with van der Waals surface area (Å²) in [4.78, 5) is 18.8. The second-order valence-electron chi connectivity index (χ2n) is 5.56. The number of thiazole rings is 1. The van der Waals surface area contributed by atoms with Crippen LogP contribution in [0.4, 0.5) is 10.9 Å². The van der Waals surface area contributed by atoms with Crippen molar-refractivity contribution in [3.8, 4) is 0 Å². The Morgan fingerprint density at radius 2 is 2.00 bits per heavy atom. The summed E-state index contributed by atoms with van der Waals surface area (Å²) in [6.07, 6.45) is 2.34. The fourth-order valence-corrected chi connectivity index (χ4v) is 3.81. The predicted octanol–water partition coefficient (Wildman–Crippen LogP) is 3.59. The monoisotopic (exact) mass is 359 g/mol. The van der Waals surface area contributed by atoms with E-state index in [0.29, 0.717) is 10.2 Å². The van der Waals surface area contributed by atoms with E-state index in [0.717, 1.165) is 29.1 Å². The largest absolute Gasteiger partial charge is 0.355 e. The minimum atomic E-state index is -0.319. The van der Waals surface area contributed by atoms with Crippen molar-refractivity contribution in [1.29, 1.82) is 0 Å².